The van der Waals surface area contributed by atoms with Crippen molar-refractivity contribution in [2.24, 2.45) is 0 Å². The average Bonchev–Trinajstić information content (AvgIpc) is 2.17. The molecule has 5 heteroatoms. The lowest BCUT2D eigenvalue weighted by Gasteiger charge is -2.14. The molecule has 0 radical (unpaired) electrons. The maximum atomic E-state index is 13.0. The zero-order chi connectivity index (χ0) is 10.8. The largest absolute Gasteiger partial charge is 0.390 e. The van der Waals surface area contributed by atoms with Crippen LogP contribution in [0.15, 0.2) is 23.1 Å². The van der Waals surface area contributed by atoms with Crippen LogP contribution in [0.1, 0.15) is 5.56 Å². The van der Waals surface area contributed by atoms with E-state index in [-0.39, 0.29) is 10.6 Å². The van der Waals surface area contributed by atoms with Gasteiger partial charge in [0.1, 0.15) is 6.61 Å². The van der Waals surface area contributed by atoms with Gasteiger partial charge in [0.05, 0.1) is 5.02 Å². The second-order valence-corrected chi connectivity index (χ2v) is 3.97. The van der Waals surface area contributed by atoms with Crippen LogP contribution in [-0.2, 0) is 5.92 Å². The van der Waals surface area contributed by atoms with Crippen molar-refractivity contribution in [3.05, 3.63) is 28.8 Å². The predicted octanol–water partition coefficient (Wildman–Crippen LogP) is 3.15. The molecule has 0 aliphatic rings. The van der Waals surface area contributed by atoms with E-state index >= 15 is 0 Å². The molecule has 0 saturated carbocycles. The number of aliphatic hydroxyl groups excluding tert-OH is 1. The van der Waals surface area contributed by atoms with Gasteiger partial charge in [-0.25, -0.2) is 0 Å². The topological polar surface area (TPSA) is 20.2 Å². The van der Waals surface area contributed by atoms with E-state index in [1.54, 1.807) is 0 Å². The van der Waals surface area contributed by atoms with E-state index in [1.165, 1.54) is 30.0 Å². The maximum Gasteiger partial charge on any atom is 0.295 e. The van der Waals surface area contributed by atoms with Gasteiger partial charge >= 0.3 is 0 Å². The monoisotopic (exact) mass is 238 g/mol. The third-order valence-electron chi connectivity index (χ3n) is 1.77. The summed E-state index contributed by atoms with van der Waals surface area (Å²) in [5.74, 6) is -3.22. The number of thioether (sulfide) groups is 1. The Morgan fingerprint density at radius 1 is 1.50 bits per heavy atom. The number of rotatable bonds is 3. The fraction of sp³-hybridized carbons (Fsp3) is 0.333. The summed E-state index contributed by atoms with van der Waals surface area (Å²) in [6, 6.07) is 3.98. The van der Waals surface area contributed by atoms with Gasteiger partial charge in [0.25, 0.3) is 5.92 Å². The van der Waals surface area contributed by atoms with Crippen LogP contribution < -0.4 is 0 Å². The quantitative estimate of drug-likeness (QED) is 0.817. The zero-order valence-electron chi connectivity index (χ0n) is 7.43. The molecule has 1 nitrogen and oxygen atoms in total. The highest BCUT2D eigenvalue weighted by Crippen LogP contribution is 2.33. The number of benzene rings is 1. The minimum Gasteiger partial charge on any atom is -0.390 e. The van der Waals surface area contributed by atoms with Crippen molar-refractivity contribution >= 4 is 23.4 Å². The van der Waals surface area contributed by atoms with Crippen LogP contribution in [0.4, 0.5) is 8.78 Å². The first-order chi connectivity index (χ1) is 6.51. The molecule has 0 atom stereocenters. The van der Waals surface area contributed by atoms with Crippen molar-refractivity contribution in [1.82, 2.24) is 0 Å². The van der Waals surface area contributed by atoms with Crippen LogP contribution in [0.3, 0.4) is 0 Å². The van der Waals surface area contributed by atoms with Gasteiger partial charge in [-0.05, 0) is 18.4 Å². The van der Waals surface area contributed by atoms with Crippen molar-refractivity contribution in [2.75, 3.05) is 12.9 Å². The lowest BCUT2D eigenvalue weighted by molar-refractivity contribution is -0.0556. The molecule has 0 saturated heterocycles. The molecular formula is C9H9ClF2OS. The molecule has 0 unspecified atom stereocenters. The van der Waals surface area contributed by atoms with Gasteiger partial charge in [-0.15, -0.1) is 11.8 Å². The Balaban J connectivity index is 3.08. The van der Waals surface area contributed by atoms with Crippen LogP contribution in [0.2, 0.25) is 5.02 Å². The summed E-state index contributed by atoms with van der Waals surface area (Å²) >= 11 is 7.14. The summed E-state index contributed by atoms with van der Waals surface area (Å²) in [6.45, 7) is -1.21. The number of hydrogen-bond acceptors (Lipinski definition) is 2. The van der Waals surface area contributed by atoms with Crippen molar-refractivity contribution in [1.29, 1.82) is 0 Å². The van der Waals surface area contributed by atoms with Gasteiger partial charge in [0.15, 0.2) is 0 Å². The normalized spacial score (nSPS) is 11.8. The Morgan fingerprint density at radius 3 is 2.57 bits per heavy atom. The molecule has 1 rings (SSSR count). The van der Waals surface area contributed by atoms with Crippen LogP contribution in [-0.4, -0.2) is 18.0 Å². The standard InChI is InChI=1S/C9H9ClF2OS/c1-14-8-3-2-6(4-7(8)10)9(11,12)5-13/h2-4,13H,5H2,1H3. The molecule has 1 N–H and O–H groups in total. The lowest BCUT2D eigenvalue weighted by Crippen LogP contribution is -2.18. The van der Waals surface area contributed by atoms with E-state index in [0.29, 0.717) is 0 Å². The number of halogens is 3. The van der Waals surface area contributed by atoms with E-state index in [9.17, 15) is 8.78 Å². The molecule has 0 aromatic heterocycles. The molecule has 1 aromatic rings. The van der Waals surface area contributed by atoms with Crippen molar-refractivity contribution in [2.45, 2.75) is 10.8 Å². The van der Waals surface area contributed by atoms with Crippen molar-refractivity contribution in [3.8, 4) is 0 Å². The molecule has 0 spiro atoms. The molecule has 14 heavy (non-hydrogen) atoms. The molecule has 0 amide bonds. The molecule has 1 aromatic carbocycles. The Bertz CT molecular complexity index is 331. The molecule has 0 fully saturated rings. The summed E-state index contributed by atoms with van der Waals surface area (Å²) < 4.78 is 26.0. The van der Waals surface area contributed by atoms with Crippen molar-refractivity contribution < 1.29 is 13.9 Å². The van der Waals surface area contributed by atoms with Gasteiger partial charge in [0, 0.05) is 10.5 Å². The maximum absolute atomic E-state index is 13.0. The first-order valence-corrected chi connectivity index (χ1v) is 5.44. The highest BCUT2D eigenvalue weighted by Gasteiger charge is 2.30. The minimum absolute atomic E-state index is 0.261. The summed E-state index contributed by atoms with van der Waals surface area (Å²) in [4.78, 5) is 0.740. The highest BCUT2D eigenvalue weighted by atomic mass is 35.5. The fourth-order valence-electron chi connectivity index (χ4n) is 0.985. The SMILES string of the molecule is CSc1ccc(C(F)(F)CO)cc1Cl. The van der Waals surface area contributed by atoms with Gasteiger partial charge < -0.3 is 5.11 Å². The molecule has 78 valence electrons. The first kappa shape index (κ1) is 11.8. The fourth-order valence-corrected chi connectivity index (χ4v) is 1.86. The average molecular weight is 239 g/mol. The van der Waals surface area contributed by atoms with Crippen LogP contribution >= 0.6 is 23.4 Å². The number of alkyl halides is 2. The third-order valence-corrected chi connectivity index (χ3v) is 2.99. The Hall–Kier alpha value is -0.320. The second-order valence-electron chi connectivity index (χ2n) is 2.71. The zero-order valence-corrected chi connectivity index (χ0v) is 9.00. The van der Waals surface area contributed by atoms with Gasteiger partial charge in [-0.1, -0.05) is 17.7 Å². The van der Waals surface area contributed by atoms with Gasteiger partial charge in [-0.3, -0.25) is 0 Å². The summed E-state index contributed by atoms with van der Waals surface area (Å²) in [5.41, 5.74) is -0.261. The third kappa shape index (κ3) is 2.38. The van der Waals surface area contributed by atoms with E-state index in [0.717, 1.165) is 4.90 Å². The Labute approximate surface area is 90.1 Å². The molecule has 0 aliphatic heterocycles. The van der Waals surface area contributed by atoms with Crippen LogP contribution in [0, 0.1) is 0 Å². The molecule has 0 heterocycles. The predicted molar refractivity (Wildman–Crippen MR) is 54.2 cm³/mol. The Kier molecular flexibility index (Phi) is 3.75. The van der Waals surface area contributed by atoms with Crippen LogP contribution in [0.25, 0.3) is 0 Å². The van der Waals surface area contributed by atoms with Crippen molar-refractivity contribution in [3.63, 3.8) is 0 Å². The number of aliphatic hydroxyl groups is 1. The molecule has 0 bridgehead atoms. The summed E-state index contributed by atoms with van der Waals surface area (Å²) in [5, 5.41) is 8.75. The first-order valence-electron chi connectivity index (χ1n) is 3.84. The molecular weight excluding hydrogens is 230 g/mol. The minimum atomic E-state index is -3.22. The van der Waals surface area contributed by atoms with E-state index in [4.69, 9.17) is 16.7 Å². The number of hydrogen-bond donors (Lipinski definition) is 1. The smallest absolute Gasteiger partial charge is 0.295 e. The highest BCUT2D eigenvalue weighted by molar-refractivity contribution is 7.98. The molecule has 0 aliphatic carbocycles. The van der Waals surface area contributed by atoms with E-state index in [1.807, 2.05) is 6.26 Å². The summed E-state index contributed by atoms with van der Waals surface area (Å²) in [7, 11) is 0. The van der Waals surface area contributed by atoms with Gasteiger partial charge in [-0.2, -0.15) is 8.78 Å². The van der Waals surface area contributed by atoms with E-state index in [2.05, 4.69) is 0 Å². The summed E-state index contributed by atoms with van der Waals surface area (Å²) in [6.07, 6.45) is 1.81. The van der Waals surface area contributed by atoms with Gasteiger partial charge in [0.2, 0.25) is 0 Å². The van der Waals surface area contributed by atoms with Crippen LogP contribution in [0.5, 0.6) is 0 Å². The Morgan fingerprint density at radius 2 is 2.14 bits per heavy atom. The lowest BCUT2D eigenvalue weighted by atomic mass is 10.1. The second kappa shape index (κ2) is 4.47. The van der Waals surface area contributed by atoms with E-state index < -0.39 is 12.5 Å².